The lowest BCUT2D eigenvalue weighted by Crippen LogP contribution is -2.29. The number of fused-ring (bicyclic) bond motifs is 1. The first-order valence-corrected chi connectivity index (χ1v) is 21.2. The summed E-state index contributed by atoms with van der Waals surface area (Å²) in [5.74, 6) is 0.697. The van der Waals surface area contributed by atoms with Gasteiger partial charge in [0.2, 0.25) is 0 Å². The fraction of sp³-hybridized carbons (Fsp3) is 0.0333. The van der Waals surface area contributed by atoms with E-state index in [0.717, 1.165) is 67.0 Å². The largest absolute Gasteiger partial charge is 0.228 e. The van der Waals surface area contributed by atoms with Gasteiger partial charge >= 0.3 is 0 Å². The van der Waals surface area contributed by atoms with Crippen molar-refractivity contribution in [1.82, 2.24) is 9.97 Å². The van der Waals surface area contributed by atoms with Crippen LogP contribution in [0.3, 0.4) is 0 Å². The second-order valence-corrected chi connectivity index (χ2v) is 15.7. The number of hydrogen-bond acceptors (Lipinski definition) is 2. The lowest BCUT2D eigenvalue weighted by atomic mass is 9.66. The van der Waals surface area contributed by atoms with Crippen molar-refractivity contribution in [2.24, 2.45) is 0 Å². The first-order chi connectivity index (χ1) is 30.6. The van der Waals surface area contributed by atoms with Gasteiger partial charge < -0.3 is 0 Å². The number of rotatable bonds is 10. The van der Waals surface area contributed by atoms with Crippen molar-refractivity contribution in [2.75, 3.05) is 0 Å². The molecule has 0 N–H and O–H groups in total. The number of allylic oxidation sites excluding steroid dienone is 5. The third-order valence-corrected chi connectivity index (χ3v) is 12.1. The molecule has 294 valence electrons. The Morgan fingerprint density at radius 1 is 0.403 bits per heavy atom. The second-order valence-electron chi connectivity index (χ2n) is 15.7. The maximum absolute atomic E-state index is 5.10. The summed E-state index contributed by atoms with van der Waals surface area (Å²) in [4.78, 5) is 10.2. The summed E-state index contributed by atoms with van der Waals surface area (Å²) < 4.78 is 0. The topological polar surface area (TPSA) is 25.8 Å². The molecule has 62 heavy (non-hydrogen) atoms. The molecule has 8 aromatic carbocycles. The van der Waals surface area contributed by atoms with Gasteiger partial charge in [-0.2, -0.15) is 0 Å². The highest BCUT2D eigenvalue weighted by molar-refractivity contribution is 5.93. The minimum absolute atomic E-state index is 0.479. The minimum Gasteiger partial charge on any atom is -0.228 e. The first kappa shape index (κ1) is 38.3. The Kier molecular flexibility index (Phi) is 10.3. The van der Waals surface area contributed by atoms with E-state index < -0.39 is 5.41 Å². The van der Waals surface area contributed by atoms with E-state index in [0.29, 0.717) is 5.82 Å². The fourth-order valence-corrected chi connectivity index (χ4v) is 9.22. The molecular formula is C60H44N2. The van der Waals surface area contributed by atoms with Crippen molar-refractivity contribution >= 4 is 5.57 Å². The Morgan fingerprint density at radius 2 is 0.806 bits per heavy atom. The fourth-order valence-electron chi connectivity index (χ4n) is 9.22. The Bertz CT molecular complexity index is 3030. The van der Waals surface area contributed by atoms with Gasteiger partial charge in [0.05, 0.1) is 16.8 Å². The van der Waals surface area contributed by atoms with Gasteiger partial charge in [-0.05, 0) is 104 Å². The average Bonchev–Trinajstić information content (AvgIpc) is 3.64. The molecule has 0 saturated heterocycles. The van der Waals surface area contributed by atoms with E-state index in [9.17, 15) is 0 Å². The van der Waals surface area contributed by atoms with Gasteiger partial charge in [0.15, 0.2) is 5.82 Å². The van der Waals surface area contributed by atoms with E-state index in [-0.39, 0.29) is 0 Å². The lowest BCUT2D eigenvalue weighted by Gasteiger charge is -2.35. The zero-order valence-electron chi connectivity index (χ0n) is 34.6. The maximum atomic E-state index is 5.10. The van der Waals surface area contributed by atoms with Gasteiger partial charge in [-0.1, -0.05) is 213 Å². The monoisotopic (exact) mass is 792 g/mol. The highest BCUT2D eigenvalue weighted by atomic mass is 14.9. The molecule has 0 bridgehead atoms. The summed E-state index contributed by atoms with van der Waals surface area (Å²) in [6.07, 6.45) is 6.46. The van der Waals surface area contributed by atoms with Gasteiger partial charge in [0, 0.05) is 16.7 Å². The molecule has 0 spiro atoms. The van der Waals surface area contributed by atoms with Crippen molar-refractivity contribution in [3.8, 4) is 67.3 Å². The zero-order valence-corrected chi connectivity index (χ0v) is 34.6. The highest BCUT2D eigenvalue weighted by Crippen LogP contribution is 2.56. The van der Waals surface area contributed by atoms with Crippen LogP contribution in [0, 0.1) is 0 Å². The summed E-state index contributed by atoms with van der Waals surface area (Å²) in [5, 5.41) is 0. The van der Waals surface area contributed by atoms with Gasteiger partial charge in [0.1, 0.15) is 0 Å². The SMILES string of the molecule is C=CC1=C(/C=C\C)C(c2ccccc2)(c2ccccc2)c2ccc(-c3cccc(-c4cccc(-c5cccc(-c6nc(-c7ccccc7)cc(-c7ccccc7)n6)c5)c4)c3)cc21. The molecule has 0 radical (unpaired) electrons. The summed E-state index contributed by atoms with van der Waals surface area (Å²) in [6, 6.07) is 77.8. The Labute approximate surface area is 364 Å². The van der Waals surface area contributed by atoms with Crippen LogP contribution in [-0.4, -0.2) is 9.97 Å². The van der Waals surface area contributed by atoms with Crippen molar-refractivity contribution < 1.29 is 0 Å². The van der Waals surface area contributed by atoms with Crippen LogP contribution in [0.25, 0.3) is 72.9 Å². The number of nitrogens with zero attached hydrogens (tertiary/aromatic N) is 2. The van der Waals surface area contributed by atoms with Crippen LogP contribution < -0.4 is 0 Å². The summed E-state index contributed by atoms with van der Waals surface area (Å²) in [5.41, 5.74) is 18.6. The maximum Gasteiger partial charge on any atom is 0.160 e. The van der Waals surface area contributed by atoms with E-state index in [1.807, 2.05) is 42.5 Å². The number of hydrogen-bond donors (Lipinski definition) is 0. The van der Waals surface area contributed by atoms with Gasteiger partial charge in [-0.25, -0.2) is 9.97 Å². The van der Waals surface area contributed by atoms with Crippen LogP contribution in [0.1, 0.15) is 29.2 Å². The third-order valence-electron chi connectivity index (χ3n) is 12.1. The van der Waals surface area contributed by atoms with Gasteiger partial charge in [-0.3, -0.25) is 0 Å². The molecule has 2 nitrogen and oxygen atoms in total. The third kappa shape index (κ3) is 6.92. The van der Waals surface area contributed by atoms with E-state index in [2.05, 4.69) is 208 Å². The number of aromatic nitrogens is 2. The van der Waals surface area contributed by atoms with Crippen LogP contribution in [0.4, 0.5) is 0 Å². The van der Waals surface area contributed by atoms with Crippen molar-refractivity contribution in [2.45, 2.75) is 12.3 Å². The molecule has 1 aromatic heterocycles. The molecule has 2 heteroatoms. The smallest absolute Gasteiger partial charge is 0.160 e. The highest BCUT2D eigenvalue weighted by Gasteiger charge is 2.46. The summed E-state index contributed by atoms with van der Waals surface area (Å²) in [7, 11) is 0. The Balaban J connectivity index is 1.02. The van der Waals surface area contributed by atoms with Crippen LogP contribution >= 0.6 is 0 Å². The van der Waals surface area contributed by atoms with Crippen LogP contribution in [-0.2, 0) is 5.41 Å². The molecule has 0 fully saturated rings. The molecule has 0 saturated carbocycles. The first-order valence-electron chi connectivity index (χ1n) is 21.2. The summed E-state index contributed by atoms with van der Waals surface area (Å²) >= 11 is 0. The Morgan fingerprint density at radius 3 is 1.26 bits per heavy atom. The summed E-state index contributed by atoms with van der Waals surface area (Å²) in [6.45, 7) is 6.47. The van der Waals surface area contributed by atoms with Gasteiger partial charge in [0.25, 0.3) is 0 Å². The van der Waals surface area contributed by atoms with E-state index in [1.54, 1.807) is 0 Å². The second kappa shape index (κ2) is 16.6. The Hall–Kier alpha value is -7.94. The predicted octanol–water partition coefficient (Wildman–Crippen LogP) is 15.3. The molecule has 1 heterocycles. The minimum atomic E-state index is -0.479. The molecule has 9 aromatic rings. The molecule has 1 aliphatic rings. The van der Waals surface area contributed by atoms with Crippen LogP contribution in [0.2, 0.25) is 0 Å². The normalized spacial score (nSPS) is 13.0. The zero-order chi connectivity index (χ0) is 41.9. The van der Waals surface area contributed by atoms with Crippen LogP contribution in [0.5, 0.6) is 0 Å². The van der Waals surface area contributed by atoms with E-state index in [1.165, 1.54) is 27.8 Å². The van der Waals surface area contributed by atoms with Crippen molar-refractivity contribution in [1.29, 1.82) is 0 Å². The molecule has 0 atom stereocenters. The van der Waals surface area contributed by atoms with E-state index >= 15 is 0 Å². The van der Waals surface area contributed by atoms with Crippen LogP contribution in [0.15, 0.2) is 249 Å². The molecular weight excluding hydrogens is 749 g/mol. The standard InChI is InChI=1S/C60H44N2/c1-3-20-55-53(4-2)54-40-49(35-36-56(54)60(55,51-31-13-7-14-32-51)52-33-15-8-16-34-52)47-28-18-26-45(38-47)44-25-17-27-46(37-44)48-29-19-30-50(39-48)59-61-57(42-21-9-5-10-22-42)41-58(62-59)43-23-11-6-12-24-43/h3-41H,2H2,1H3/b20-3-. The quantitative estimate of drug-likeness (QED) is 0.138. The predicted molar refractivity (Wildman–Crippen MR) is 259 cm³/mol. The van der Waals surface area contributed by atoms with Gasteiger partial charge in [-0.15, -0.1) is 0 Å². The lowest BCUT2D eigenvalue weighted by molar-refractivity contribution is 0.761. The molecule has 1 aliphatic carbocycles. The molecule has 10 rings (SSSR count). The van der Waals surface area contributed by atoms with Crippen molar-refractivity contribution in [3.63, 3.8) is 0 Å². The van der Waals surface area contributed by atoms with E-state index in [4.69, 9.17) is 9.97 Å². The average molecular weight is 793 g/mol. The molecule has 0 amide bonds. The number of benzene rings is 8. The molecule has 0 aliphatic heterocycles. The molecule has 0 unspecified atom stereocenters. The van der Waals surface area contributed by atoms with Crippen molar-refractivity contribution in [3.05, 3.63) is 271 Å².